The van der Waals surface area contributed by atoms with Crippen molar-refractivity contribution in [3.8, 4) is 5.75 Å². The minimum Gasteiger partial charge on any atom is -0.507 e. The van der Waals surface area contributed by atoms with E-state index in [2.05, 4.69) is 0 Å². The first-order valence-corrected chi connectivity index (χ1v) is 5.73. The van der Waals surface area contributed by atoms with Gasteiger partial charge in [-0.2, -0.15) is 0 Å². The number of benzene rings is 1. The first kappa shape index (κ1) is 14.3. The van der Waals surface area contributed by atoms with Crippen molar-refractivity contribution < 1.29 is 19.4 Å². The fourth-order valence-corrected chi connectivity index (χ4v) is 1.53. The molecule has 0 aromatic heterocycles. The molecule has 0 heterocycles. The van der Waals surface area contributed by atoms with Gasteiger partial charge in [0.05, 0.1) is 12.2 Å². The molecule has 0 atom stereocenters. The summed E-state index contributed by atoms with van der Waals surface area (Å²) < 4.78 is 4.73. The predicted octanol–water partition coefficient (Wildman–Crippen LogP) is 1.68. The van der Waals surface area contributed by atoms with Crippen LogP contribution in [0.4, 0.5) is 0 Å². The van der Waals surface area contributed by atoms with E-state index in [4.69, 9.17) is 16.3 Å². The molecule has 0 aliphatic carbocycles. The van der Waals surface area contributed by atoms with Crippen molar-refractivity contribution in [1.29, 1.82) is 0 Å². The molecule has 1 N–H and O–H groups in total. The summed E-state index contributed by atoms with van der Waals surface area (Å²) in [6.45, 7) is 1.77. The number of phenols is 1. The van der Waals surface area contributed by atoms with Crippen LogP contribution in [0.1, 0.15) is 17.3 Å². The van der Waals surface area contributed by atoms with E-state index in [0.29, 0.717) is 5.02 Å². The van der Waals surface area contributed by atoms with Gasteiger partial charge < -0.3 is 14.7 Å². The Hall–Kier alpha value is -1.75. The van der Waals surface area contributed by atoms with Gasteiger partial charge >= 0.3 is 5.97 Å². The Kier molecular flexibility index (Phi) is 4.97. The largest absolute Gasteiger partial charge is 0.507 e. The summed E-state index contributed by atoms with van der Waals surface area (Å²) in [5.41, 5.74) is 0.0891. The lowest BCUT2D eigenvalue weighted by atomic mass is 10.2. The van der Waals surface area contributed by atoms with Crippen LogP contribution in [-0.2, 0) is 9.53 Å². The third kappa shape index (κ3) is 3.63. The molecule has 1 aromatic rings. The molecule has 5 nitrogen and oxygen atoms in total. The molecule has 0 spiro atoms. The first-order chi connectivity index (χ1) is 8.45. The van der Waals surface area contributed by atoms with Crippen molar-refractivity contribution in [3.05, 3.63) is 28.8 Å². The average molecular weight is 272 g/mol. The molecule has 0 bridgehead atoms. The van der Waals surface area contributed by atoms with Gasteiger partial charge in [-0.1, -0.05) is 11.6 Å². The molecule has 0 fully saturated rings. The van der Waals surface area contributed by atoms with Crippen LogP contribution in [0.2, 0.25) is 5.02 Å². The second-order valence-corrected chi connectivity index (χ2v) is 4.06. The second-order valence-electron chi connectivity index (χ2n) is 3.63. The predicted molar refractivity (Wildman–Crippen MR) is 66.7 cm³/mol. The number of rotatable bonds is 4. The van der Waals surface area contributed by atoms with Crippen LogP contribution in [0.25, 0.3) is 0 Å². The standard InChI is InChI=1S/C12H14ClNO4/c1-3-18-11(16)7-14(2)12(17)9-5-4-8(13)6-10(9)15/h4-6,15H,3,7H2,1-2H3. The average Bonchev–Trinajstić information content (AvgIpc) is 2.28. The fraction of sp³-hybridized carbons (Fsp3) is 0.333. The summed E-state index contributed by atoms with van der Waals surface area (Å²) in [5.74, 6) is -1.19. The Labute approximate surface area is 110 Å². The second kappa shape index (κ2) is 6.26. The lowest BCUT2D eigenvalue weighted by Gasteiger charge is -2.16. The summed E-state index contributed by atoms with van der Waals surface area (Å²) in [5, 5.41) is 9.93. The van der Waals surface area contributed by atoms with Crippen LogP contribution in [0.3, 0.4) is 0 Å². The highest BCUT2D eigenvalue weighted by atomic mass is 35.5. The van der Waals surface area contributed by atoms with Crippen molar-refractivity contribution in [2.75, 3.05) is 20.2 Å². The number of phenolic OH excluding ortho intramolecular Hbond substituents is 1. The van der Waals surface area contributed by atoms with Gasteiger partial charge in [0, 0.05) is 12.1 Å². The number of amides is 1. The number of nitrogens with zero attached hydrogens (tertiary/aromatic N) is 1. The van der Waals surface area contributed by atoms with Crippen molar-refractivity contribution in [2.45, 2.75) is 6.92 Å². The number of aromatic hydroxyl groups is 1. The van der Waals surface area contributed by atoms with E-state index in [1.54, 1.807) is 6.92 Å². The van der Waals surface area contributed by atoms with Crippen molar-refractivity contribution in [1.82, 2.24) is 4.90 Å². The molecule has 0 radical (unpaired) electrons. The Morgan fingerprint density at radius 3 is 2.67 bits per heavy atom. The number of esters is 1. The monoisotopic (exact) mass is 271 g/mol. The Bertz CT molecular complexity index is 461. The number of ether oxygens (including phenoxy) is 1. The van der Waals surface area contributed by atoms with Gasteiger partial charge in [-0.3, -0.25) is 9.59 Å². The van der Waals surface area contributed by atoms with E-state index >= 15 is 0 Å². The summed E-state index contributed by atoms with van der Waals surface area (Å²) >= 11 is 5.67. The lowest BCUT2D eigenvalue weighted by molar-refractivity contribution is -0.143. The summed E-state index contributed by atoms with van der Waals surface area (Å²) in [6.07, 6.45) is 0. The van der Waals surface area contributed by atoms with E-state index in [1.165, 1.54) is 30.1 Å². The van der Waals surface area contributed by atoms with Crippen LogP contribution < -0.4 is 0 Å². The van der Waals surface area contributed by atoms with Gasteiger partial charge in [0.25, 0.3) is 5.91 Å². The molecule has 1 aromatic carbocycles. The van der Waals surface area contributed by atoms with Gasteiger partial charge in [0.1, 0.15) is 12.3 Å². The zero-order valence-electron chi connectivity index (χ0n) is 10.1. The number of halogens is 1. The maximum atomic E-state index is 11.9. The highest BCUT2D eigenvalue weighted by Crippen LogP contribution is 2.22. The third-order valence-corrected chi connectivity index (χ3v) is 2.44. The summed E-state index contributed by atoms with van der Waals surface area (Å²) in [4.78, 5) is 24.3. The molecule has 0 aliphatic rings. The molecule has 0 saturated heterocycles. The molecule has 18 heavy (non-hydrogen) atoms. The normalized spacial score (nSPS) is 9.94. The highest BCUT2D eigenvalue weighted by Gasteiger charge is 2.18. The van der Waals surface area contributed by atoms with Gasteiger partial charge in [-0.15, -0.1) is 0 Å². The van der Waals surface area contributed by atoms with Crippen molar-refractivity contribution >= 4 is 23.5 Å². The van der Waals surface area contributed by atoms with E-state index < -0.39 is 11.9 Å². The zero-order chi connectivity index (χ0) is 13.7. The van der Waals surface area contributed by atoms with E-state index in [9.17, 15) is 14.7 Å². The van der Waals surface area contributed by atoms with E-state index in [0.717, 1.165) is 0 Å². The molecule has 6 heteroatoms. The van der Waals surface area contributed by atoms with Crippen LogP contribution in [0, 0.1) is 0 Å². The molecule has 1 rings (SSSR count). The molecule has 0 saturated carbocycles. The molecular weight excluding hydrogens is 258 g/mol. The van der Waals surface area contributed by atoms with Gasteiger partial charge in [0.15, 0.2) is 0 Å². The Morgan fingerprint density at radius 2 is 2.11 bits per heavy atom. The number of carbonyl (C=O) groups is 2. The van der Waals surface area contributed by atoms with E-state index in [1.807, 2.05) is 0 Å². The minimum atomic E-state index is -0.498. The summed E-state index contributed by atoms with van der Waals surface area (Å²) in [6, 6.07) is 4.17. The Morgan fingerprint density at radius 1 is 1.44 bits per heavy atom. The van der Waals surface area contributed by atoms with Crippen LogP contribution in [0.15, 0.2) is 18.2 Å². The number of carbonyl (C=O) groups excluding carboxylic acids is 2. The Balaban J connectivity index is 2.77. The van der Waals surface area contributed by atoms with Crippen molar-refractivity contribution in [3.63, 3.8) is 0 Å². The maximum Gasteiger partial charge on any atom is 0.325 e. The minimum absolute atomic E-state index is 0.0891. The topological polar surface area (TPSA) is 66.8 Å². The highest BCUT2D eigenvalue weighted by molar-refractivity contribution is 6.30. The molecular formula is C12H14ClNO4. The number of hydrogen-bond donors (Lipinski definition) is 1. The van der Waals surface area contributed by atoms with Crippen molar-refractivity contribution in [2.24, 2.45) is 0 Å². The molecule has 98 valence electrons. The first-order valence-electron chi connectivity index (χ1n) is 5.35. The van der Waals surface area contributed by atoms with Gasteiger partial charge in [-0.05, 0) is 25.1 Å². The maximum absolute atomic E-state index is 11.9. The van der Waals surface area contributed by atoms with Crippen LogP contribution in [-0.4, -0.2) is 42.1 Å². The molecule has 0 unspecified atom stereocenters. The van der Waals surface area contributed by atoms with E-state index in [-0.39, 0.29) is 24.5 Å². The van der Waals surface area contributed by atoms with Gasteiger partial charge in [-0.25, -0.2) is 0 Å². The smallest absolute Gasteiger partial charge is 0.325 e. The van der Waals surface area contributed by atoms with Gasteiger partial charge in [0.2, 0.25) is 0 Å². The fourth-order valence-electron chi connectivity index (χ4n) is 1.36. The zero-order valence-corrected chi connectivity index (χ0v) is 10.9. The summed E-state index contributed by atoms with van der Waals surface area (Å²) in [7, 11) is 1.45. The van der Waals surface area contributed by atoms with Crippen LogP contribution >= 0.6 is 11.6 Å². The SMILES string of the molecule is CCOC(=O)CN(C)C(=O)c1ccc(Cl)cc1O. The number of hydrogen-bond acceptors (Lipinski definition) is 4. The lowest BCUT2D eigenvalue weighted by Crippen LogP contribution is -2.33. The van der Waals surface area contributed by atoms with Crippen LogP contribution in [0.5, 0.6) is 5.75 Å². The molecule has 0 aliphatic heterocycles. The third-order valence-electron chi connectivity index (χ3n) is 2.21. The quantitative estimate of drug-likeness (QED) is 0.846. The number of likely N-dealkylation sites (N-methyl/N-ethyl adjacent to an activating group) is 1. The molecule has 1 amide bonds.